The molecule has 0 fully saturated rings. The third-order valence-corrected chi connectivity index (χ3v) is 4.44. The molecule has 0 radical (unpaired) electrons. The standard InChI is InChI=1S/C3H6O4S2/c1-8(4,5)3-7-9(3,2)6/h1-2H3. The summed E-state index contributed by atoms with van der Waals surface area (Å²) in [5.41, 5.74) is 0. The summed E-state index contributed by atoms with van der Waals surface area (Å²) in [6, 6.07) is 0. The summed E-state index contributed by atoms with van der Waals surface area (Å²) in [6.45, 7) is 0. The van der Waals surface area contributed by atoms with Gasteiger partial charge in [-0.1, -0.05) is 0 Å². The van der Waals surface area contributed by atoms with Gasteiger partial charge in [0.05, 0.1) is 0 Å². The Balaban J connectivity index is 3.27. The minimum atomic E-state index is -3.32. The topological polar surface area (TPSA) is 63.7 Å². The van der Waals surface area contributed by atoms with Crippen molar-refractivity contribution >= 4 is 24.0 Å². The smallest absolute Gasteiger partial charge is 0.237 e. The summed E-state index contributed by atoms with van der Waals surface area (Å²) in [6.07, 6.45) is 2.22. The molecular formula is C3H6O4S2. The van der Waals surface area contributed by atoms with Gasteiger partial charge in [-0.2, -0.15) is 0 Å². The van der Waals surface area contributed by atoms with E-state index in [1.807, 2.05) is 0 Å². The second-order valence-electron chi connectivity index (χ2n) is 1.88. The Morgan fingerprint density at radius 2 is 1.89 bits per heavy atom. The van der Waals surface area contributed by atoms with Crippen molar-refractivity contribution in [2.45, 2.75) is 0 Å². The van der Waals surface area contributed by atoms with Gasteiger partial charge in [0, 0.05) is 12.5 Å². The highest BCUT2D eigenvalue weighted by Crippen LogP contribution is 2.16. The van der Waals surface area contributed by atoms with E-state index in [0.717, 1.165) is 6.26 Å². The molecule has 1 aliphatic heterocycles. The van der Waals surface area contributed by atoms with E-state index < -0.39 is 19.6 Å². The van der Waals surface area contributed by atoms with Gasteiger partial charge in [0.15, 0.2) is 0 Å². The fourth-order valence-corrected chi connectivity index (χ4v) is 4.05. The average Bonchev–Trinajstić information content (AvgIpc) is 2.10. The molecule has 1 heterocycles. The Hall–Kier alpha value is -0.0700. The van der Waals surface area contributed by atoms with Gasteiger partial charge in [-0.3, -0.25) is 0 Å². The molecule has 6 heteroatoms. The Bertz CT molecular complexity index is 318. The van der Waals surface area contributed by atoms with E-state index in [1.165, 1.54) is 6.26 Å². The maximum Gasteiger partial charge on any atom is 0.260 e. The first-order valence-corrected chi connectivity index (χ1v) is 5.88. The van der Waals surface area contributed by atoms with Crippen LogP contribution in [-0.4, -0.2) is 29.5 Å². The van der Waals surface area contributed by atoms with Crippen LogP contribution in [0.1, 0.15) is 0 Å². The van der Waals surface area contributed by atoms with Crippen molar-refractivity contribution in [1.29, 1.82) is 0 Å². The molecule has 0 saturated heterocycles. The van der Waals surface area contributed by atoms with Crippen LogP contribution in [-0.2, 0) is 23.8 Å². The second kappa shape index (κ2) is 1.50. The predicted octanol–water partition coefficient (Wildman–Crippen LogP) is -1.02. The lowest BCUT2D eigenvalue weighted by atomic mass is 11.7. The number of hydrogen-bond donors (Lipinski definition) is 0. The van der Waals surface area contributed by atoms with Crippen LogP contribution >= 0.6 is 0 Å². The third-order valence-electron chi connectivity index (χ3n) is 0.806. The maximum atomic E-state index is 10.6. The predicted molar refractivity (Wildman–Crippen MR) is 35.0 cm³/mol. The Morgan fingerprint density at radius 3 is 1.89 bits per heavy atom. The summed E-state index contributed by atoms with van der Waals surface area (Å²) in [5.74, 6) is 0. The summed E-state index contributed by atoms with van der Waals surface area (Å²) in [4.78, 5) is 0. The van der Waals surface area contributed by atoms with Gasteiger partial charge in [-0.25, -0.2) is 16.8 Å². The average molecular weight is 170 g/mol. The van der Waals surface area contributed by atoms with Crippen LogP contribution in [0.2, 0.25) is 0 Å². The molecule has 0 N–H and O–H groups in total. The van der Waals surface area contributed by atoms with Crippen LogP contribution in [0.25, 0.3) is 0 Å². The summed E-state index contributed by atoms with van der Waals surface area (Å²) in [7, 11) is -5.85. The second-order valence-corrected chi connectivity index (χ2v) is 6.13. The first kappa shape index (κ1) is 7.04. The van der Waals surface area contributed by atoms with Crippen molar-refractivity contribution < 1.29 is 16.8 Å². The first-order valence-electron chi connectivity index (χ1n) is 2.10. The zero-order chi connectivity index (χ0) is 7.28. The lowest BCUT2D eigenvalue weighted by molar-refractivity contribution is 0.595. The summed E-state index contributed by atoms with van der Waals surface area (Å²) >= 11 is 0. The first-order chi connectivity index (χ1) is 3.84. The van der Waals surface area contributed by atoms with E-state index in [0.29, 0.717) is 0 Å². The molecule has 0 aromatic rings. The largest absolute Gasteiger partial charge is 0.260 e. The van der Waals surface area contributed by atoms with Crippen LogP contribution in [0.3, 0.4) is 0 Å². The molecule has 0 spiro atoms. The van der Waals surface area contributed by atoms with Gasteiger partial charge in [0.25, 0.3) is 4.38 Å². The van der Waals surface area contributed by atoms with E-state index in [2.05, 4.69) is 4.18 Å². The number of hydrogen-bond acceptors (Lipinski definition) is 4. The van der Waals surface area contributed by atoms with E-state index >= 15 is 0 Å². The fraction of sp³-hybridized carbons (Fsp3) is 0.667. The molecule has 4 nitrogen and oxygen atoms in total. The molecule has 0 amide bonds. The van der Waals surface area contributed by atoms with Gasteiger partial charge in [-0.05, 0) is 0 Å². The maximum absolute atomic E-state index is 10.6. The highest BCUT2D eigenvalue weighted by atomic mass is 32.3. The molecule has 9 heavy (non-hydrogen) atoms. The Morgan fingerprint density at radius 1 is 1.56 bits per heavy atom. The van der Waals surface area contributed by atoms with Crippen LogP contribution in [0.15, 0.2) is 0 Å². The molecule has 0 saturated carbocycles. The molecule has 1 unspecified atom stereocenters. The number of rotatable bonds is 0. The quantitative estimate of drug-likeness (QED) is 0.436. The van der Waals surface area contributed by atoms with Crippen LogP contribution in [0, 0.1) is 0 Å². The molecule has 0 aromatic carbocycles. The Kier molecular flexibility index (Phi) is 1.17. The highest BCUT2D eigenvalue weighted by molar-refractivity contribution is 8.27. The zero-order valence-electron chi connectivity index (χ0n) is 4.95. The normalized spacial score (nSPS) is 34.7. The van der Waals surface area contributed by atoms with Crippen LogP contribution < -0.4 is 0 Å². The van der Waals surface area contributed by atoms with Crippen molar-refractivity contribution in [3.8, 4) is 0 Å². The summed E-state index contributed by atoms with van der Waals surface area (Å²) < 4.78 is 35.6. The van der Waals surface area contributed by atoms with Crippen molar-refractivity contribution in [2.24, 2.45) is 0 Å². The molecule has 0 bridgehead atoms. The monoisotopic (exact) mass is 170 g/mol. The third kappa shape index (κ3) is 1.25. The minimum Gasteiger partial charge on any atom is -0.237 e. The van der Waals surface area contributed by atoms with Crippen molar-refractivity contribution in [1.82, 2.24) is 0 Å². The molecular weight excluding hydrogens is 164 g/mol. The molecule has 1 rings (SSSR count). The lowest BCUT2D eigenvalue weighted by Crippen LogP contribution is -2.01. The molecule has 1 aliphatic rings. The van der Waals surface area contributed by atoms with Crippen molar-refractivity contribution in [2.75, 3.05) is 12.5 Å². The molecule has 1 atom stereocenters. The highest BCUT2D eigenvalue weighted by Gasteiger charge is 2.37. The zero-order valence-corrected chi connectivity index (χ0v) is 6.58. The van der Waals surface area contributed by atoms with Gasteiger partial charge < -0.3 is 0 Å². The van der Waals surface area contributed by atoms with E-state index in [-0.39, 0.29) is 4.38 Å². The number of sulfone groups is 1. The van der Waals surface area contributed by atoms with Crippen LogP contribution in [0.5, 0.6) is 0 Å². The van der Waals surface area contributed by atoms with E-state index in [4.69, 9.17) is 0 Å². The van der Waals surface area contributed by atoms with Gasteiger partial charge in [0.1, 0.15) is 9.80 Å². The van der Waals surface area contributed by atoms with Crippen molar-refractivity contribution in [3.63, 3.8) is 0 Å². The SMILES string of the molecule is CS(=O)(=O)C1=S(C)(=O)O1. The lowest BCUT2D eigenvalue weighted by Gasteiger charge is -1.75. The van der Waals surface area contributed by atoms with Gasteiger partial charge in [-0.15, -0.1) is 0 Å². The van der Waals surface area contributed by atoms with Crippen LogP contribution in [0.4, 0.5) is 0 Å². The van der Waals surface area contributed by atoms with E-state index in [9.17, 15) is 12.6 Å². The van der Waals surface area contributed by atoms with Gasteiger partial charge in [0.2, 0.25) is 9.84 Å². The molecule has 0 aromatic heterocycles. The van der Waals surface area contributed by atoms with E-state index in [1.54, 1.807) is 0 Å². The molecule has 54 valence electrons. The molecule has 0 aliphatic carbocycles. The summed E-state index contributed by atoms with van der Waals surface area (Å²) in [5, 5.41) is 0. The van der Waals surface area contributed by atoms with Crippen molar-refractivity contribution in [3.05, 3.63) is 0 Å². The Labute approximate surface area is 54.0 Å². The fourth-order valence-electron chi connectivity index (χ4n) is 0.450. The van der Waals surface area contributed by atoms with Gasteiger partial charge >= 0.3 is 0 Å². The minimum absolute atomic E-state index is 0.269.